The molecule has 248 valence electrons. The number of benzene rings is 7. The van der Waals surface area contributed by atoms with E-state index in [2.05, 4.69) is 165 Å². The Bertz CT molecular complexity index is 2760. The highest BCUT2D eigenvalue weighted by atomic mass is 16.3. The molecule has 52 heavy (non-hydrogen) atoms. The summed E-state index contributed by atoms with van der Waals surface area (Å²) >= 11 is 0. The lowest BCUT2D eigenvalue weighted by Crippen LogP contribution is -2.20. The average molecular weight is 668 g/mol. The van der Waals surface area contributed by atoms with Gasteiger partial charge in [-0.3, -0.25) is 4.99 Å². The molecule has 3 aliphatic rings. The Hall–Kier alpha value is -5.99. The second kappa shape index (κ2) is 11.5. The first-order valence-corrected chi connectivity index (χ1v) is 18.8. The van der Waals surface area contributed by atoms with Crippen molar-refractivity contribution in [1.29, 1.82) is 0 Å². The first kappa shape index (κ1) is 29.7. The molecule has 1 saturated carbocycles. The maximum absolute atomic E-state index is 6.69. The van der Waals surface area contributed by atoms with Crippen LogP contribution < -0.4 is 0 Å². The number of nitrogens with zero attached hydrogens (tertiary/aromatic N) is 1. The van der Waals surface area contributed by atoms with Crippen molar-refractivity contribution >= 4 is 44.0 Å². The minimum atomic E-state index is -0.0236. The molecule has 0 spiro atoms. The zero-order valence-corrected chi connectivity index (χ0v) is 29.1. The summed E-state index contributed by atoms with van der Waals surface area (Å²) in [6, 6.07) is 55.5. The summed E-state index contributed by atoms with van der Waals surface area (Å²) in [7, 11) is 0. The largest absolute Gasteiger partial charge is 0.455 e. The molecule has 0 radical (unpaired) electrons. The number of furan rings is 1. The lowest BCUT2D eigenvalue weighted by Gasteiger charge is -2.32. The monoisotopic (exact) mass is 667 g/mol. The predicted molar refractivity (Wildman–Crippen MR) is 216 cm³/mol. The first-order valence-electron chi connectivity index (χ1n) is 18.8. The van der Waals surface area contributed by atoms with E-state index >= 15 is 0 Å². The molecule has 0 amide bonds. The van der Waals surface area contributed by atoms with Gasteiger partial charge in [0.05, 0.1) is 11.8 Å². The predicted octanol–water partition coefficient (Wildman–Crippen LogP) is 13.3. The van der Waals surface area contributed by atoms with Gasteiger partial charge in [0, 0.05) is 27.6 Å². The molecule has 2 heteroatoms. The highest BCUT2D eigenvalue weighted by molar-refractivity contribution is 6.20. The van der Waals surface area contributed by atoms with E-state index in [0.717, 1.165) is 28.7 Å². The van der Waals surface area contributed by atoms with Crippen molar-refractivity contribution in [3.8, 4) is 22.3 Å². The van der Waals surface area contributed by atoms with Gasteiger partial charge in [-0.05, 0) is 104 Å². The van der Waals surface area contributed by atoms with E-state index in [9.17, 15) is 0 Å². The molecule has 1 fully saturated rings. The number of hydrogen-bond donors (Lipinski definition) is 0. The zero-order chi connectivity index (χ0) is 34.3. The van der Waals surface area contributed by atoms with Crippen molar-refractivity contribution in [2.45, 2.75) is 37.6 Å². The van der Waals surface area contributed by atoms with Gasteiger partial charge in [0.25, 0.3) is 0 Å². The third-order valence-corrected chi connectivity index (χ3v) is 12.0. The fraction of sp³-hybridized carbons (Fsp3) is 0.140. The Morgan fingerprint density at radius 3 is 2.21 bits per heavy atom. The standard InChI is InChI=1S/C50H37NO/c1-2-35-45(40-17-10-18-47-48(40)41-26-23-32-13-6-7-14-36(32)50(41)52-47)29-46(51-49(35)33-21-19-31(20-22-33)30-11-4-3-5-12-30)34-24-25-39-37-15-8-9-16-38(37)43-28-44(43)42(39)27-34/h3-27,29,35,43-44,49H,2,28H2,1H3. The van der Waals surface area contributed by atoms with Crippen LogP contribution in [0.2, 0.25) is 0 Å². The fourth-order valence-electron chi connectivity index (χ4n) is 9.41. The third kappa shape index (κ3) is 4.53. The quantitative estimate of drug-likeness (QED) is 0.179. The SMILES string of the molecule is CCC1C(c2cccc3oc4c5ccccc5ccc4c23)=CC(c2ccc3c(c2)C2CC2c2ccccc2-3)=NC1c1ccc(-c2ccccc2)cc1. The highest BCUT2D eigenvalue weighted by Crippen LogP contribution is 2.62. The van der Waals surface area contributed by atoms with Crippen molar-refractivity contribution in [2.75, 3.05) is 0 Å². The van der Waals surface area contributed by atoms with Crippen LogP contribution in [0.3, 0.4) is 0 Å². The third-order valence-electron chi connectivity index (χ3n) is 12.0. The molecule has 0 N–H and O–H groups in total. The van der Waals surface area contributed by atoms with Crippen LogP contribution in [0.25, 0.3) is 60.5 Å². The van der Waals surface area contributed by atoms with E-state index in [0.29, 0.717) is 11.8 Å². The molecule has 2 aliphatic carbocycles. The normalized spacial score (nSPS) is 20.2. The number of rotatable bonds is 5. The lowest BCUT2D eigenvalue weighted by atomic mass is 9.77. The van der Waals surface area contributed by atoms with Crippen LogP contribution in [0.15, 0.2) is 167 Å². The van der Waals surface area contributed by atoms with Crippen LogP contribution in [0.5, 0.6) is 0 Å². The van der Waals surface area contributed by atoms with Gasteiger partial charge in [0.15, 0.2) is 0 Å². The first-order chi connectivity index (χ1) is 25.7. The maximum Gasteiger partial charge on any atom is 0.143 e. The van der Waals surface area contributed by atoms with Crippen molar-refractivity contribution in [1.82, 2.24) is 0 Å². The number of dihydropyridines is 1. The number of fused-ring (bicyclic) bond motifs is 11. The Morgan fingerprint density at radius 2 is 1.33 bits per heavy atom. The molecular weight excluding hydrogens is 631 g/mol. The summed E-state index contributed by atoms with van der Waals surface area (Å²) in [5.41, 5.74) is 16.2. The molecule has 2 heterocycles. The molecule has 1 aliphatic heterocycles. The van der Waals surface area contributed by atoms with E-state index in [1.165, 1.54) is 78.2 Å². The minimum absolute atomic E-state index is 0.0236. The van der Waals surface area contributed by atoms with Crippen LogP contribution in [-0.2, 0) is 0 Å². The summed E-state index contributed by atoms with van der Waals surface area (Å²) < 4.78 is 6.69. The number of hydrogen-bond acceptors (Lipinski definition) is 2. The molecule has 1 aromatic heterocycles. The molecular formula is C50H37NO. The van der Waals surface area contributed by atoms with Gasteiger partial charge in [-0.25, -0.2) is 0 Å². The van der Waals surface area contributed by atoms with Crippen LogP contribution >= 0.6 is 0 Å². The summed E-state index contributed by atoms with van der Waals surface area (Å²) in [4.78, 5) is 5.67. The second-order valence-corrected chi connectivity index (χ2v) is 14.8. The lowest BCUT2D eigenvalue weighted by molar-refractivity contribution is 0.520. The molecule has 0 bridgehead atoms. The topological polar surface area (TPSA) is 25.5 Å². The number of aliphatic imine (C=N–C) groups is 1. The second-order valence-electron chi connectivity index (χ2n) is 14.8. The van der Waals surface area contributed by atoms with E-state index in [1.54, 1.807) is 0 Å². The summed E-state index contributed by atoms with van der Waals surface area (Å²) in [5, 5.41) is 4.70. The van der Waals surface area contributed by atoms with Crippen LogP contribution in [-0.4, -0.2) is 5.71 Å². The van der Waals surface area contributed by atoms with Gasteiger partial charge >= 0.3 is 0 Å². The molecule has 2 nitrogen and oxygen atoms in total. The van der Waals surface area contributed by atoms with E-state index in [1.807, 2.05) is 0 Å². The highest BCUT2D eigenvalue weighted by Gasteiger charge is 2.45. The Kier molecular flexibility index (Phi) is 6.58. The minimum Gasteiger partial charge on any atom is -0.455 e. The van der Waals surface area contributed by atoms with Gasteiger partial charge < -0.3 is 4.42 Å². The molecule has 4 unspecified atom stereocenters. The molecule has 0 saturated heterocycles. The number of allylic oxidation sites excluding steroid dienone is 1. The fourth-order valence-corrected chi connectivity index (χ4v) is 9.41. The Morgan fingerprint density at radius 1 is 0.596 bits per heavy atom. The van der Waals surface area contributed by atoms with Gasteiger partial charge in [-0.1, -0.05) is 140 Å². The van der Waals surface area contributed by atoms with Gasteiger partial charge in [-0.15, -0.1) is 0 Å². The summed E-state index contributed by atoms with van der Waals surface area (Å²) in [5.74, 6) is 1.43. The van der Waals surface area contributed by atoms with Crippen LogP contribution in [0.1, 0.15) is 65.5 Å². The van der Waals surface area contributed by atoms with Crippen LogP contribution in [0, 0.1) is 5.92 Å². The molecule has 8 aromatic rings. The summed E-state index contributed by atoms with van der Waals surface area (Å²) in [6.07, 6.45) is 4.60. The molecule has 7 aromatic carbocycles. The smallest absolute Gasteiger partial charge is 0.143 e. The Labute approximate surface area is 303 Å². The summed E-state index contributed by atoms with van der Waals surface area (Å²) in [6.45, 7) is 2.31. The molecule has 4 atom stereocenters. The van der Waals surface area contributed by atoms with Gasteiger partial charge in [0.2, 0.25) is 0 Å². The van der Waals surface area contributed by atoms with Crippen molar-refractivity contribution in [3.63, 3.8) is 0 Å². The van der Waals surface area contributed by atoms with Crippen LogP contribution in [0.4, 0.5) is 0 Å². The van der Waals surface area contributed by atoms with Crippen molar-refractivity contribution in [3.05, 3.63) is 186 Å². The van der Waals surface area contributed by atoms with E-state index in [-0.39, 0.29) is 12.0 Å². The van der Waals surface area contributed by atoms with Crippen molar-refractivity contribution in [2.24, 2.45) is 10.9 Å². The van der Waals surface area contributed by atoms with Crippen molar-refractivity contribution < 1.29 is 4.42 Å². The molecule has 11 rings (SSSR count). The van der Waals surface area contributed by atoms with Gasteiger partial charge in [-0.2, -0.15) is 0 Å². The maximum atomic E-state index is 6.69. The zero-order valence-electron chi connectivity index (χ0n) is 29.1. The average Bonchev–Trinajstić information content (AvgIpc) is 3.94. The van der Waals surface area contributed by atoms with E-state index in [4.69, 9.17) is 9.41 Å². The van der Waals surface area contributed by atoms with E-state index < -0.39 is 0 Å². The van der Waals surface area contributed by atoms with Gasteiger partial charge in [0.1, 0.15) is 11.2 Å². The Balaban J connectivity index is 1.10.